The predicted octanol–water partition coefficient (Wildman–Crippen LogP) is 2.51. The highest BCUT2D eigenvalue weighted by Gasteiger charge is 2.23. The molecule has 5 aromatic heterocycles. The summed E-state index contributed by atoms with van der Waals surface area (Å²) >= 11 is 0. The number of aliphatic hydroxyl groups excluding tert-OH is 1. The number of rotatable bonds is 9. The van der Waals surface area contributed by atoms with Gasteiger partial charge in [0.05, 0.1) is 35.4 Å². The van der Waals surface area contributed by atoms with Crippen LogP contribution in [0.15, 0.2) is 32.9 Å². The van der Waals surface area contributed by atoms with E-state index in [1.165, 1.54) is 32.2 Å². The molecule has 5 N–H and O–H groups in total. The van der Waals surface area contributed by atoms with E-state index in [4.69, 9.17) is 16.2 Å². The maximum absolute atomic E-state index is 12.3. The Balaban J connectivity index is 1.48. The Bertz CT molecular complexity index is 1920. The number of anilines is 2. The molecule has 5 aromatic rings. The lowest BCUT2D eigenvalue weighted by Gasteiger charge is -2.06. The van der Waals surface area contributed by atoms with Gasteiger partial charge in [0, 0.05) is 20.2 Å². The van der Waals surface area contributed by atoms with Crippen LogP contribution in [0, 0.1) is 27.7 Å². The zero-order chi connectivity index (χ0) is 33.4. The lowest BCUT2D eigenvalue weighted by Crippen LogP contribution is -2.09. The fourth-order valence-electron chi connectivity index (χ4n) is 4.70. The van der Waals surface area contributed by atoms with E-state index in [0.717, 1.165) is 0 Å². The SMILES string of the molecule is COC(=O)c1c(C)nn(C)c1N=Nc1c(C)nn(-c2cc(-n3nc(C)c(N=Nc4c(C(=O)CO)c(C)nn4C)c3N)ncn2)c1N. The molecule has 0 spiro atoms. The first-order chi connectivity index (χ1) is 21.9. The van der Waals surface area contributed by atoms with Crippen LogP contribution < -0.4 is 11.5 Å². The molecule has 0 amide bonds. The first-order valence-electron chi connectivity index (χ1n) is 13.5. The molecular formula is C26H30N16O4. The first-order valence-corrected chi connectivity index (χ1v) is 13.5. The summed E-state index contributed by atoms with van der Waals surface area (Å²) in [7, 11) is 4.50. The lowest BCUT2D eigenvalue weighted by atomic mass is 10.1. The number of nitrogen functional groups attached to an aromatic ring is 2. The van der Waals surface area contributed by atoms with Crippen LogP contribution in [0.4, 0.5) is 34.6 Å². The Labute approximate surface area is 260 Å². The summed E-state index contributed by atoms with van der Waals surface area (Å²) in [4.78, 5) is 33.1. The predicted molar refractivity (Wildman–Crippen MR) is 162 cm³/mol. The van der Waals surface area contributed by atoms with E-state index < -0.39 is 18.4 Å². The van der Waals surface area contributed by atoms with E-state index in [1.807, 2.05) is 0 Å². The summed E-state index contributed by atoms with van der Waals surface area (Å²) < 4.78 is 10.3. The van der Waals surface area contributed by atoms with Crippen molar-refractivity contribution in [3.05, 3.63) is 46.3 Å². The molecule has 0 aliphatic rings. The van der Waals surface area contributed by atoms with E-state index in [9.17, 15) is 14.7 Å². The molecule has 5 heterocycles. The van der Waals surface area contributed by atoms with Crippen LogP contribution in [0.5, 0.6) is 0 Å². The molecule has 46 heavy (non-hydrogen) atoms. The van der Waals surface area contributed by atoms with Gasteiger partial charge in [-0.15, -0.1) is 20.5 Å². The Morgan fingerprint density at radius 1 is 0.761 bits per heavy atom. The highest BCUT2D eigenvalue weighted by atomic mass is 16.5. The first kappa shape index (κ1) is 31.3. The Hall–Kier alpha value is -6.18. The standard InChI is InChI=1S/C26H30N16O4/c1-11-18(15(44)9-43)24(39(5)35-11)33-31-20-13(3)37-41(22(20)27)16-8-17(30-10-29-16)42-23(28)21(14(4)38-42)32-34-25-19(26(45)46-7)12(2)36-40(25)6/h8,10,43H,9,27-28H2,1-7H3. The van der Waals surface area contributed by atoms with E-state index in [1.54, 1.807) is 47.9 Å². The number of carbonyl (C=O) groups excluding carboxylic acids is 2. The smallest absolute Gasteiger partial charge is 0.343 e. The van der Waals surface area contributed by atoms with E-state index >= 15 is 0 Å². The van der Waals surface area contributed by atoms with Crippen molar-refractivity contribution in [2.24, 2.45) is 34.6 Å². The molecule has 0 bridgehead atoms. The number of aliphatic hydroxyl groups is 1. The van der Waals surface area contributed by atoms with Gasteiger partial charge in [-0.05, 0) is 27.7 Å². The van der Waals surface area contributed by atoms with Crippen molar-refractivity contribution in [3.63, 3.8) is 0 Å². The third kappa shape index (κ3) is 5.36. The molecule has 0 unspecified atom stereocenters. The number of nitrogens with zero attached hydrogens (tertiary/aromatic N) is 14. The van der Waals surface area contributed by atoms with Crippen molar-refractivity contribution in [2.75, 3.05) is 25.2 Å². The van der Waals surface area contributed by atoms with Gasteiger partial charge in [0.25, 0.3) is 0 Å². The summed E-state index contributed by atoms with van der Waals surface area (Å²) in [6.45, 7) is 5.96. The molecule has 0 fully saturated rings. The zero-order valence-electron chi connectivity index (χ0n) is 25.9. The molecule has 0 aliphatic carbocycles. The summed E-state index contributed by atoms with van der Waals surface area (Å²) in [6.07, 6.45) is 1.28. The van der Waals surface area contributed by atoms with Crippen molar-refractivity contribution in [1.29, 1.82) is 0 Å². The summed E-state index contributed by atoms with van der Waals surface area (Å²) in [6, 6.07) is 1.55. The van der Waals surface area contributed by atoms with Gasteiger partial charge < -0.3 is 21.3 Å². The number of Topliss-reactive ketones (excluding diaryl/α,β-unsaturated/α-hetero) is 1. The third-order valence-corrected chi connectivity index (χ3v) is 6.88. The van der Waals surface area contributed by atoms with Crippen LogP contribution in [0.1, 0.15) is 43.5 Å². The zero-order valence-corrected chi connectivity index (χ0v) is 25.9. The minimum Gasteiger partial charge on any atom is -0.465 e. The number of aromatic nitrogens is 10. The Morgan fingerprint density at radius 2 is 1.22 bits per heavy atom. The number of azo groups is 2. The minimum absolute atomic E-state index is 0.104. The number of esters is 1. The van der Waals surface area contributed by atoms with Crippen molar-refractivity contribution in [2.45, 2.75) is 27.7 Å². The van der Waals surface area contributed by atoms with Gasteiger partial charge in [0.15, 0.2) is 52.1 Å². The maximum Gasteiger partial charge on any atom is 0.343 e. The molecule has 20 heteroatoms. The quantitative estimate of drug-likeness (QED) is 0.120. The van der Waals surface area contributed by atoms with E-state index in [2.05, 4.69) is 50.8 Å². The van der Waals surface area contributed by atoms with Gasteiger partial charge in [-0.25, -0.2) is 24.1 Å². The number of nitrogens with two attached hydrogens (primary N) is 2. The molecule has 238 valence electrons. The van der Waals surface area contributed by atoms with Crippen molar-refractivity contribution in [3.8, 4) is 11.6 Å². The lowest BCUT2D eigenvalue weighted by molar-refractivity contribution is 0.0600. The number of ketones is 1. The molecule has 20 nitrogen and oxygen atoms in total. The third-order valence-electron chi connectivity index (χ3n) is 6.88. The van der Waals surface area contributed by atoms with Gasteiger partial charge in [-0.3, -0.25) is 4.79 Å². The van der Waals surface area contributed by atoms with Gasteiger partial charge in [-0.2, -0.15) is 29.8 Å². The number of carbonyl (C=O) groups is 2. The molecule has 0 atom stereocenters. The summed E-state index contributed by atoms with van der Waals surface area (Å²) in [5, 5.41) is 43.6. The number of hydrogen-bond acceptors (Lipinski definition) is 16. The van der Waals surface area contributed by atoms with Gasteiger partial charge >= 0.3 is 5.97 Å². The van der Waals surface area contributed by atoms with Crippen LogP contribution in [-0.2, 0) is 18.8 Å². The minimum atomic E-state index is -0.699. The molecule has 0 saturated heterocycles. The van der Waals surface area contributed by atoms with Crippen LogP contribution in [-0.4, -0.2) is 79.7 Å². The monoisotopic (exact) mass is 630 g/mol. The van der Waals surface area contributed by atoms with Gasteiger partial charge in [0.1, 0.15) is 18.5 Å². The number of ether oxygens (including phenoxy) is 1. The van der Waals surface area contributed by atoms with Gasteiger partial charge in [0.2, 0.25) is 0 Å². The second-order valence-corrected chi connectivity index (χ2v) is 9.98. The van der Waals surface area contributed by atoms with Crippen molar-refractivity contribution < 1.29 is 19.4 Å². The highest BCUT2D eigenvalue weighted by molar-refractivity contribution is 6.01. The van der Waals surface area contributed by atoms with Gasteiger partial charge in [-0.1, -0.05) is 0 Å². The number of aryl methyl sites for hydroxylation is 6. The summed E-state index contributed by atoms with van der Waals surface area (Å²) in [5.41, 5.74) is 15.3. The van der Waals surface area contributed by atoms with Crippen LogP contribution in [0.2, 0.25) is 0 Å². The highest BCUT2D eigenvalue weighted by Crippen LogP contribution is 2.34. The molecule has 0 aliphatic heterocycles. The second-order valence-electron chi connectivity index (χ2n) is 9.98. The van der Waals surface area contributed by atoms with Crippen LogP contribution in [0.25, 0.3) is 11.6 Å². The topological polar surface area (TPSA) is 262 Å². The van der Waals surface area contributed by atoms with Crippen LogP contribution in [0.3, 0.4) is 0 Å². The second kappa shape index (κ2) is 12.1. The fraction of sp³-hybridized carbons (Fsp3) is 0.308. The van der Waals surface area contributed by atoms with E-state index in [0.29, 0.717) is 22.8 Å². The molecule has 0 radical (unpaired) electrons. The number of hydrogen-bond donors (Lipinski definition) is 3. The molecular weight excluding hydrogens is 600 g/mol. The molecule has 5 rings (SSSR count). The van der Waals surface area contributed by atoms with Crippen LogP contribution >= 0.6 is 0 Å². The summed E-state index contributed by atoms with van der Waals surface area (Å²) in [5.74, 6) is -0.0354. The van der Waals surface area contributed by atoms with Crippen molar-refractivity contribution in [1.82, 2.24) is 49.1 Å². The normalized spacial score (nSPS) is 11.7. The average molecular weight is 631 g/mol. The molecule has 0 saturated carbocycles. The van der Waals surface area contributed by atoms with Crippen molar-refractivity contribution >= 4 is 46.4 Å². The molecule has 0 aromatic carbocycles. The largest absolute Gasteiger partial charge is 0.465 e. The Kier molecular flexibility index (Phi) is 8.20. The number of methoxy groups -OCH3 is 1. The average Bonchev–Trinajstić information content (AvgIpc) is 3.68. The van der Waals surface area contributed by atoms with E-state index in [-0.39, 0.29) is 57.4 Å². The maximum atomic E-state index is 12.3. The fourth-order valence-corrected chi connectivity index (χ4v) is 4.70. The Morgan fingerprint density at radius 3 is 1.67 bits per heavy atom.